The summed E-state index contributed by atoms with van der Waals surface area (Å²) in [5.74, 6) is -0.768. The van der Waals surface area contributed by atoms with E-state index in [0.29, 0.717) is 17.8 Å². The number of allylic oxidation sites excluding steroid dienone is 1. The SMILES string of the molecule is Cc1ccccc1CN1C(=O)C(O)(CC(=O)/C=C/c2ccccc2)c2ccccc21. The molecule has 1 atom stereocenters. The summed E-state index contributed by atoms with van der Waals surface area (Å²) >= 11 is 0. The van der Waals surface area contributed by atoms with Crippen LogP contribution in [-0.2, 0) is 21.7 Å². The molecule has 0 aliphatic carbocycles. The van der Waals surface area contributed by atoms with Crippen LogP contribution in [0.3, 0.4) is 0 Å². The molecule has 1 aliphatic heterocycles. The van der Waals surface area contributed by atoms with Crippen molar-refractivity contribution in [3.05, 3.63) is 107 Å². The van der Waals surface area contributed by atoms with Gasteiger partial charge in [-0.25, -0.2) is 0 Å². The van der Waals surface area contributed by atoms with Crippen molar-refractivity contribution in [3.8, 4) is 0 Å². The molecular weight excluding hydrogens is 374 g/mol. The summed E-state index contributed by atoms with van der Waals surface area (Å²) in [6.07, 6.45) is 2.83. The molecule has 0 spiro atoms. The summed E-state index contributed by atoms with van der Waals surface area (Å²) in [7, 11) is 0. The fraction of sp³-hybridized carbons (Fsp3) is 0.154. The maximum Gasteiger partial charge on any atom is 0.264 e. The molecule has 4 nitrogen and oxygen atoms in total. The van der Waals surface area contributed by atoms with E-state index in [9.17, 15) is 14.7 Å². The Morgan fingerprint density at radius 3 is 2.40 bits per heavy atom. The number of hydrogen-bond acceptors (Lipinski definition) is 3. The summed E-state index contributed by atoms with van der Waals surface area (Å²) in [6, 6.07) is 24.4. The van der Waals surface area contributed by atoms with Crippen LogP contribution in [0.5, 0.6) is 0 Å². The Hall–Kier alpha value is -3.50. The van der Waals surface area contributed by atoms with Crippen molar-refractivity contribution in [1.29, 1.82) is 0 Å². The first-order chi connectivity index (χ1) is 14.5. The van der Waals surface area contributed by atoms with Crippen LogP contribution in [0.4, 0.5) is 5.69 Å². The normalized spacial score (nSPS) is 18.1. The van der Waals surface area contributed by atoms with Crippen molar-refractivity contribution in [2.45, 2.75) is 25.5 Å². The third kappa shape index (κ3) is 3.70. The van der Waals surface area contributed by atoms with Crippen molar-refractivity contribution in [2.75, 3.05) is 4.90 Å². The van der Waals surface area contributed by atoms with Crippen LogP contribution < -0.4 is 4.90 Å². The molecule has 0 saturated heterocycles. The van der Waals surface area contributed by atoms with Crippen molar-refractivity contribution >= 4 is 23.5 Å². The number of nitrogens with zero attached hydrogens (tertiary/aromatic N) is 1. The van der Waals surface area contributed by atoms with Gasteiger partial charge in [0.25, 0.3) is 5.91 Å². The van der Waals surface area contributed by atoms with E-state index in [1.165, 1.54) is 6.08 Å². The van der Waals surface area contributed by atoms with E-state index >= 15 is 0 Å². The lowest BCUT2D eigenvalue weighted by molar-refractivity contribution is -0.140. The quantitative estimate of drug-likeness (QED) is 0.627. The number of hydrogen-bond donors (Lipinski definition) is 1. The molecule has 0 bridgehead atoms. The zero-order chi connectivity index (χ0) is 21.1. The predicted molar refractivity (Wildman–Crippen MR) is 118 cm³/mol. The van der Waals surface area contributed by atoms with Crippen LogP contribution in [0.25, 0.3) is 6.08 Å². The van der Waals surface area contributed by atoms with Gasteiger partial charge in [-0.15, -0.1) is 0 Å². The number of aliphatic hydroxyl groups is 1. The van der Waals surface area contributed by atoms with Gasteiger partial charge in [-0.2, -0.15) is 0 Å². The smallest absolute Gasteiger partial charge is 0.264 e. The number of carbonyl (C=O) groups is 2. The highest BCUT2D eigenvalue weighted by molar-refractivity contribution is 6.10. The molecule has 0 saturated carbocycles. The number of amides is 1. The van der Waals surface area contributed by atoms with E-state index in [1.54, 1.807) is 23.1 Å². The van der Waals surface area contributed by atoms with Gasteiger partial charge in [-0.05, 0) is 35.8 Å². The largest absolute Gasteiger partial charge is 0.375 e. The van der Waals surface area contributed by atoms with Crippen LogP contribution in [0.2, 0.25) is 0 Å². The molecule has 150 valence electrons. The summed E-state index contributed by atoms with van der Waals surface area (Å²) in [5.41, 5.74) is 2.22. The third-order valence-corrected chi connectivity index (χ3v) is 5.52. The maximum absolute atomic E-state index is 13.3. The molecule has 1 N–H and O–H groups in total. The summed E-state index contributed by atoms with van der Waals surface area (Å²) in [4.78, 5) is 27.5. The van der Waals surface area contributed by atoms with Crippen molar-refractivity contribution in [2.24, 2.45) is 0 Å². The summed E-state index contributed by atoms with van der Waals surface area (Å²) < 4.78 is 0. The van der Waals surface area contributed by atoms with E-state index in [4.69, 9.17) is 0 Å². The molecule has 4 rings (SSSR count). The van der Waals surface area contributed by atoms with Crippen LogP contribution in [-0.4, -0.2) is 16.8 Å². The average Bonchev–Trinajstić information content (AvgIpc) is 2.96. The van der Waals surface area contributed by atoms with Gasteiger partial charge < -0.3 is 10.0 Å². The van der Waals surface area contributed by atoms with Gasteiger partial charge in [0, 0.05) is 5.56 Å². The number of rotatable bonds is 6. The second-order valence-electron chi connectivity index (χ2n) is 7.58. The summed E-state index contributed by atoms with van der Waals surface area (Å²) in [6.45, 7) is 2.34. The van der Waals surface area contributed by atoms with Crippen molar-refractivity contribution in [1.82, 2.24) is 0 Å². The molecule has 0 radical (unpaired) electrons. The monoisotopic (exact) mass is 397 g/mol. The highest BCUT2D eigenvalue weighted by Crippen LogP contribution is 2.43. The van der Waals surface area contributed by atoms with Crippen LogP contribution in [0.15, 0.2) is 84.9 Å². The molecule has 1 unspecified atom stereocenters. The number of benzene rings is 3. The fourth-order valence-electron chi connectivity index (χ4n) is 3.86. The van der Waals surface area contributed by atoms with E-state index in [-0.39, 0.29) is 12.2 Å². The third-order valence-electron chi connectivity index (χ3n) is 5.52. The molecule has 3 aromatic rings. The predicted octanol–water partition coefficient (Wildman–Crippen LogP) is 4.40. The van der Waals surface area contributed by atoms with Crippen molar-refractivity contribution < 1.29 is 14.7 Å². The van der Waals surface area contributed by atoms with Gasteiger partial charge >= 0.3 is 0 Å². The molecule has 1 amide bonds. The van der Waals surface area contributed by atoms with E-state index < -0.39 is 11.5 Å². The second-order valence-corrected chi connectivity index (χ2v) is 7.58. The van der Waals surface area contributed by atoms with E-state index in [0.717, 1.165) is 16.7 Å². The Kier molecular flexibility index (Phi) is 5.34. The maximum atomic E-state index is 13.3. The molecule has 3 aromatic carbocycles. The molecule has 4 heteroatoms. The molecular formula is C26H23NO3. The first-order valence-corrected chi connectivity index (χ1v) is 9.93. The van der Waals surface area contributed by atoms with E-state index in [1.807, 2.05) is 73.7 Å². The standard InChI is InChI=1S/C26H23NO3/c1-19-9-5-6-12-21(19)18-27-24-14-8-7-13-23(24)26(30,25(27)29)17-22(28)16-15-20-10-3-2-4-11-20/h2-16,30H,17-18H2,1H3/b16-15+. The minimum atomic E-state index is -1.86. The molecule has 0 fully saturated rings. The first-order valence-electron chi connectivity index (χ1n) is 9.93. The second kappa shape index (κ2) is 8.09. The Labute approximate surface area is 176 Å². The lowest BCUT2D eigenvalue weighted by Gasteiger charge is -2.23. The average molecular weight is 397 g/mol. The van der Waals surface area contributed by atoms with Gasteiger partial charge in [0.2, 0.25) is 0 Å². The number of ketones is 1. The molecule has 1 heterocycles. The Morgan fingerprint density at radius 2 is 1.63 bits per heavy atom. The zero-order valence-corrected chi connectivity index (χ0v) is 16.8. The highest BCUT2D eigenvalue weighted by Gasteiger charge is 2.50. The Bertz CT molecular complexity index is 1120. The zero-order valence-electron chi connectivity index (χ0n) is 16.8. The minimum Gasteiger partial charge on any atom is -0.375 e. The highest BCUT2D eigenvalue weighted by atomic mass is 16.3. The lowest BCUT2D eigenvalue weighted by atomic mass is 9.89. The van der Waals surface area contributed by atoms with Gasteiger partial charge in [-0.3, -0.25) is 9.59 Å². The molecule has 1 aliphatic rings. The van der Waals surface area contributed by atoms with Crippen LogP contribution in [0, 0.1) is 6.92 Å². The van der Waals surface area contributed by atoms with Crippen LogP contribution in [0.1, 0.15) is 28.7 Å². The molecule has 0 aromatic heterocycles. The Balaban J connectivity index is 1.61. The first kappa shape index (κ1) is 19.8. The minimum absolute atomic E-state index is 0.295. The van der Waals surface area contributed by atoms with E-state index in [2.05, 4.69) is 0 Å². The number of fused-ring (bicyclic) bond motifs is 1. The number of aryl methyl sites for hydroxylation is 1. The number of para-hydroxylation sites is 1. The number of carbonyl (C=O) groups excluding carboxylic acids is 2. The van der Waals surface area contributed by atoms with Gasteiger partial charge in [0.1, 0.15) is 0 Å². The lowest BCUT2D eigenvalue weighted by Crippen LogP contribution is -2.41. The Morgan fingerprint density at radius 1 is 0.967 bits per heavy atom. The van der Waals surface area contributed by atoms with Gasteiger partial charge in [0.15, 0.2) is 11.4 Å². The number of anilines is 1. The molecule has 30 heavy (non-hydrogen) atoms. The van der Waals surface area contributed by atoms with Gasteiger partial charge in [0.05, 0.1) is 18.7 Å². The topological polar surface area (TPSA) is 57.6 Å². The van der Waals surface area contributed by atoms with Crippen LogP contribution >= 0.6 is 0 Å². The van der Waals surface area contributed by atoms with Crippen molar-refractivity contribution in [3.63, 3.8) is 0 Å². The van der Waals surface area contributed by atoms with Gasteiger partial charge in [-0.1, -0.05) is 78.9 Å². The summed E-state index contributed by atoms with van der Waals surface area (Å²) in [5, 5.41) is 11.4. The fourth-order valence-corrected chi connectivity index (χ4v) is 3.86.